The summed E-state index contributed by atoms with van der Waals surface area (Å²) in [7, 11) is 0. The molecule has 0 saturated carbocycles. The summed E-state index contributed by atoms with van der Waals surface area (Å²) in [5.41, 5.74) is 0. The quantitative estimate of drug-likeness (QED) is 0.608. The fourth-order valence-electron chi connectivity index (χ4n) is 0.479. The summed E-state index contributed by atoms with van der Waals surface area (Å²) in [6.07, 6.45) is 1.70. The molecular weight excluding hydrogens is 177 g/mol. The van der Waals surface area contributed by atoms with E-state index in [0.717, 1.165) is 9.88 Å². The molecule has 0 spiro atoms. The standard InChI is InChI=1S/C5H5Cl2NS/c1-3-8-2-4(9-3)5(6)7/h2,5H,1H3. The molecule has 1 aromatic rings. The summed E-state index contributed by atoms with van der Waals surface area (Å²) >= 11 is 12.6. The molecule has 1 nitrogen and oxygen atoms in total. The van der Waals surface area contributed by atoms with Crippen molar-refractivity contribution < 1.29 is 0 Å². The van der Waals surface area contributed by atoms with E-state index in [0.29, 0.717) is 0 Å². The van der Waals surface area contributed by atoms with Gasteiger partial charge in [0.25, 0.3) is 0 Å². The van der Waals surface area contributed by atoms with Gasteiger partial charge in [-0.25, -0.2) is 4.98 Å². The van der Waals surface area contributed by atoms with Gasteiger partial charge in [-0.2, -0.15) is 0 Å². The number of aryl methyl sites for hydroxylation is 1. The molecule has 4 heteroatoms. The fourth-order valence-corrected chi connectivity index (χ4v) is 1.50. The maximum Gasteiger partial charge on any atom is 0.143 e. The summed E-state index contributed by atoms with van der Waals surface area (Å²) in [4.78, 5) is 4.48. The smallest absolute Gasteiger partial charge is 0.143 e. The second-order valence-corrected chi connectivity index (χ2v) is 3.94. The van der Waals surface area contributed by atoms with E-state index in [1.807, 2.05) is 6.92 Å². The summed E-state index contributed by atoms with van der Waals surface area (Å²) in [6, 6.07) is 0. The molecule has 0 aromatic carbocycles. The van der Waals surface area contributed by atoms with E-state index in [9.17, 15) is 0 Å². The van der Waals surface area contributed by atoms with Gasteiger partial charge in [0, 0.05) is 6.20 Å². The van der Waals surface area contributed by atoms with Crippen LogP contribution in [0, 0.1) is 6.92 Å². The maximum atomic E-state index is 5.55. The Morgan fingerprint density at radius 3 is 2.56 bits per heavy atom. The van der Waals surface area contributed by atoms with Crippen LogP contribution in [0.4, 0.5) is 0 Å². The van der Waals surface area contributed by atoms with Crippen LogP contribution in [-0.4, -0.2) is 4.98 Å². The van der Waals surface area contributed by atoms with Gasteiger partial charge in [0.1, 0.15) is 4.84 Å². The second kappa shape index (κ2) is 2.86. The summed E-state index contributed by atoms with van der Waals surface area (Å²) in [5, 5.41) is 0.997. The first-order valence-electron chi connectivity index (χ1n) is 2.40. The van der Waals surface area contributed by atoms with Crippen LogP contribution in [0.15, 0.2) is 6.20 Å². The highest BCUT2D eigenvalue weighted by molar-refractivity contribution is 7.12. The lowest BCUT2D eigenvalue weighted by atomic mass is 10.6. The molecule has 0 aliphatic rings. The summed E-state index contributed by atoms with van der Waals surface area (Å²) in [5.74, 6) is 0. The number of alkyl halides is 2. The van der Waals surface area contributed by atoms with E-state index in [1.165, 1.54) is 11.3 Å². The predicted molar refractivity (Wildman–Crippen MR) is 41.3 cm³/mol. The van der Waals surface area contributed by atoms with Crippen molar-refractivity contribution in [2.75, 3.05) is 0 Å². The monoisotopic (exact) mass is 181 g/mol. The lowest BCUT2D eigenvalue weighted by Gasteiger charge is -1.89. The van der Waals surface area contributed by atoms with Gasteiger partial charge in [-0.1, -0.05) is 23.2 Å². The van der Waals surface area contributed by atoms with Crippen molar-refractivity contribution in [2.45, 2.75) is 11.8 Å². The van der Waals surface area contributed by atoms with Gasteiger partial charge in [0.15, 0.2) is 0 Å². The Bertz CT molecular complexity index is 197. The number of aromatic nitrogens is 1. The van der Waals surface area contributed by atoms with Crippen molar-refractivity contribution >= 4 is 34.5 Å². The van der Waals surface area contributed by atoms with Crippen LogP contribution in [0.5, 0.6) is 0 Å². The minimum absolute atomic E-state index is 0.420. The maximum absolute atomic E-state index is 5.55. The highest BCUT2D eigenvalue weighted by atomic mass is 35.5. The molecule has 0 atom stereocenters. The van der Waals surface area contributed by atoms with E-state index in [-0.39, 0.29) is 0 Å². The van der Waals surface area contributed by atoms with E-state index in [1.54, 1.807) is 6.20 Å². The predicted octanol–water partition coefficient (Wildman–Crippen LogP) is 2.93. The normalized spacial score (nSPS) is 10.7. The van der Waals surface area contributed by atoms with Crippen LogP contribution in [0.25, 0.3) is 0 Å². The van der Waals surface area contributed by atoms with Crippen LogP contribution in [0.3, 0.4) is 0 Å². The third-order valence-electron chi connectivity index (χ3n) is 0.854. The average Bonchev–Trinajstić information content (AvgIpc) is 2.14. The number of nitrogens with zero attached hydrogens (tertiary/aromatic N) is 1. The van der Waals surface area contributed by atoms with Crippen molar-refractivity contribution in [3.63, 3.8) is 0 Å². The van der Waals surface area contributed by atoms with Crippen molar-refractivity contribution in [2.24, 2.45) is 0 Å². The van der Waals surface area contributed by atoms with Crippen molar-refractivity contribution in [3.05, 3.63) is 16.1 Å². The molecule has 0 N–H and O–H groups in total. The van der Waals surface area contributed by atoms with Crippen LogP contribution >= 0.6 is 34.5 Å². The third kappa shape index (κ3) is 1.81. The van der Waals surface area contributed by atoms with Gasteiger partial charge < -0.3 is 0 Å². The van der Waals surface area contributed by atoms with Crippen molar-refractivity contribution in [3.8, 4) is 0 Å². The van der Waals surface area contributed by atoms with Crippen LogP contribution < -0.4 is 0 Å². The van der Waals surface area contributed by atoms with Gasteiger partial charge in [-0.05, 0) is 6.92 Å². The molecule has 0 amide bonds. The lowest BCUT2D eigenvalue weighted by Crippen LogP contribution is -1.68. The first kappa shape index (κ1) is 7.32. The zero-order valence-corrected chi connectivity index (χ0v) is 7.09. The van der Waals surface area contributed by atoms with Crippen molar-refractivity contribution in [1.29, 1.82) is 0 Å². The molecule has 0 fully saturated rings. The van der Waals surface area contributed by atoms with Crippen LogP contribution in [0.1, 0.15) is 14.7 Å². The van der Waals surface area contributed by atoms with E-state index in [2.05, 4.69) is 4.98 Å². The Balaban J connectivity index is 2.85. The second-order valence-electron chi connectivity index (χ2n) is 1.58. The Kier molecular flexibility index (Phi) is 2.33. The molecule has 1 rings (SSSR count). The van der Waals surface area contributed by atoms with Gasteiger partial charge in [-0.15, -0.1) is 11.3 Å². The summed E-state index contributed by atoms with van der Waals surface area (Å²) in [6.45, 7) is 1.92. The SMILES string of the molecule is Cc1ncc(C(Cl)Cl)s1. The van der Waals surface area contributed by atoms with Gasteiger partial charge in [0.05, 0.1) is 9.88 Å². The van der Waals surface area contributed by atoms with Crippen LogP contribution in [-0.2, 0) is 0 Å². The largest absolute Gasteiger partial charge is 0.250 e. The topological polar surface area (TPSA) is 12.9 Å². The Labute approximate surface area is 67.6 Å². The van der Waals surface area contributed by atoms with E-state index < -0.39 is 4.84 Å². The van der Waals surface area contributed by atoms with Gasteiger partial charge in [0.2, 0.25) is 0 Å². The molecule has 0 unspecified atom stereocenters. The van der Waals surface area contributed by atoms with E-state index >= 15 is 0 Å². The van der Waals surface area contributed by atoms with Gasteiger partial charge in [-0.3, -0.25) is 0 Å². The van der Waals surface area contributed by atoms with E-state index in [4.69, 9.17) is 23.2 Å². The average molecular weight is 182 g/mol. The molecule has 0 aliphatic carbocycles. The third-order valence-corrected chi connectivity index (χ3v) is 2.56. The molecule has 0 aliphatic heterocycles. The molecule has 1 heterocycles. The Morgan fingerprint density at radius 1 is 1.67 bits per heavy atom. The molecule has 1 aromatic heterocycles. The minimum Gasteiger partial charge on any atom is -0.250 e. The molecule has 0 radical (unpaired) electrons. The highest BCUT2D eigenvalue weighted by Gasteiger charge is 2.05. The number of hydrogen-bond acceptors (Lipinski definition) is 2. The first-order chi connectivity index (χ1) is 4.20. The summed E-state index contributed by atoms with van der Waals surface area (Å²) < 4.78 is 0. The molecular formula is C5H5Cl2NS. The molecule has 50 valence electrons. The number of hydrogen-bond donors (Lipinski definition) is 0. The highest BCUT2D eigenvalue weighted by Crippen LogP contribution is 2.28. The lowest BCUT2D eigenvalue weighted by molar-refractivity contribution is 1.27. The zero-order valence-electron chi connectivity index (χ0n) is 4.77. The Hall–Kier alpha value is 0.210. The number of thiazole rings is 1. The minimum atomic E-state index is -0.420. The number of halogens is 2. The molecule has 0 saturated heterocycles. The van der Waals surface area contributed by atoms with Gasteiger partial charge >= 0.3 is 0 Å². The zero-order chi connectivity index (χ0) is 6.85. The first-order valence-corrected chi connectivity index (χ1v) is 4.09. The molecule has 0 bridgehead atoms. The van der Waals surface area contributed by atoms with Crippen LogP contribution in [0.2, 0.25) is 0 Å². The fraction of sp³-hybridized carbons (Fsp3) is 0.400. The Morgan fingerprint density at radius 2 is 2.33 bits per heavy atom. The van der Waals surface area contributed by atoms with Crippen molar-refractivity contribution in [1.82, 2.24) is 4.98 Å². The number of rotatable bonds is 1. The molecule has 9 heavy (non-hydrogen) atoms.